The Hall–Kier alpha value is -2.05. The monoisotopic (exact) mass is 294 g/mol. The van der Waals surface area contributed by atoms with Crippen molar-refractivity contribution in [3.8, 4) is 17.4 Å². The molecule has 0 amide bonds. The molecule has 2 aromatic rings. The van der Waals surface area contributed by atoms with Crippen LogP contribution in [0.15, 0.2) is 24.5 Å². The molecule has 0 unspecified atom stereocenters. The Morgan fingerprint density at radius 3 is 2.80 bits per heavy atom. The summed E-state index contributed by atoms with van der Waals surface area (Å²) >= 11 is 6.07. The molecule has 0 aliphatic rings. The number of ether oxygens (including phenoxy) is 2. The molecule has 3 N–H and O–H groups in total. The fraction of sp³-hybridized carbons (Fsp3) is 0.231. The first-order valence-corrected chi connectivity index (χ1v) is 6.39. The second-order valence-corrected chi connectivity index (χ2v) is 4.32. The number of hydrogen-bond donors (Lipinski definition) is 2. The molecule has 1 aromatic heterocycles. The summed E-state index contributed by atoms with van der Waals surface area (Å²) in [6.45, 7) is 2.02. The molecule has 0 aliphatic heterocycles. The third-order valence-corrected chi connectivity index (χ3v) is 3.09. The van der Waals surface area contributed by atoms with Crippen molar-refractivity contribution in [2.24, 2.45) is 5.84 Å². The summed E-state index contributed by atoms with van der Waals surface area (Å²) in [5.74, 6) is 6.94. The second-order valence-electron chi connectivity index (χ2n) is 3.91. The standard InChI is InChI=1S/C13H15ClN4O2/c1-3-8-6-9(4-5-10(8)14)20-13-11(19-2)12(18-15)16-7-17-13/h4-7H,3,15H2,1-2H3,(H,16,17,18). The first kappa shape index (κ1) is 14.4. The number of anilines is 1. The molecule has 0 saturated carbocycles. The summed E-state index contributed by atoms with van der Waals surface area (Å²) < 4.78 is 10.9. The Kier molecular flexibility index (Phi) is 4.60. The van der Waals surface area contributed by atoms with Gasteiger partial charge in [-0.3, -0.25) is 0 Å². The molecule has 6 nitrogen and oxygen atoms in total. The SMILES string of the molecule is CCc1cc(Oc2ncnc(NN)c2OC)ccc1Cl. The molecular weight excluding hydrogens is 280 g/mol. The van der Waals surface area contributed by atoms with Gasteiger partial charge in [-0.2, -0.15) is 4.98 Å². The van der Waals surface area contributed by atoms with E-state index in [0.717, 1.165) is 12.0 Å². The van der Waals surface area contributed by atoms with Gasteiger partial charge in [-0.1, -0.05) is 18.5 Å². The molecule has 2 rings (SSSR count). The Labute approximate surface area is 121 Å². The number of rotatable bonds is 5. The first-order chi connectivity index (χ1) is 9.69. The summed E-state index contributed by atoms with van der Waals surface area (Å²) in [5.41, 5.74) is 3.42. The number of nitrogens with zero attached hydrogens (tertiary/aromatic N) is 2. The lowest BCUT2D eigenvalue weighted by Crippen LogP contribution is -2.11. The highest BCUT2D eigenvalue weighted by Crippen LogP contribution is 2.34. The minimum atomic E-state index is 0.278. The van der Waals surface area contributed by atoms with Crippen molar-refractivity contribution in [2.45, 2.75) is 13.3 Å². The molecule has 0 atom stereocenters. The molecule has 7 heteroatoms. The average Bonchev–Trinajstić information content (AvgIpc) is 2.48. The summed E-state index contributed by atoms with van der Waals surface area (Å²) in [4.78, 5) is 7.99. The topological polar surface area (TPSA) is 82.3 Å². The van der Waals surface area contributed by atoms with Crippen LogP contribution in [0.3, 0.4) is 0 Å². The number of benzene rings is 1. The molecule has 0 bridgehead atoms. The lowest BCUT2D eigenvalue weighted by molar-refractivity contribution is 0.369. The molecule has 0 radical (unpaired) electrons. The van der Waals surface area contributed by atoms with E-state index in [2.05, 4.69) is 15.4 Å². The smallest absolute Gasteiger partial charge is 0.268 e. The van der Waals surface area contributed by atoms with E-state index in [1.54, 1.807) is 12.1 Å². The Morgan fingerprint density at radius 1 is 1.35 bits per heavy atom. The fourth-order valence-corrected chi connectivity index (χ4v) is 1.97. The molecule has 0 fully saturated rings. The van der Waals surface area contributed by atoms with Crippen LogP contribution in [-0.2, 0) is 6.42 Å². The molecule has 0 saturated heterocycles. The first-order valence-electron chi connectivity index (χ1n) is 6.01. The maximum Gasteiger partial charge on any atom is 0.268 e. The van der Waals surface area contributed by atoms with Crippen molar-refractivity contribution in [1.82, 2.24) is 9.97 Å². The highest BCUT2D eigenvalue weighted by molar-refractivity contribution is 6.31. The Morgan fingerprint density at radius 2 is 2.15 bits per heavy atom. The van der Waals surface area contributed by atoms with Gasteiger partial charge in [0.25, 0.3) is 5.88 Å². The maximum absolute atomic E-state index is 6.07. The molecule has 0 aliphatic carbocycles. The number of nitrogens with one attached hydrogen (secondary N) is 1. The fourth-order valence-electron chi connectivity index (χ4n) is 1.71. The number of aryl methyl sites for hydroxylation is 1. The van der Waals surface area contributed by atoms with Gasteiger partial charge in [-0.05, 0) is 30.2 Å². The van der Waals surface area contributed by atoms with Gasteiger partial charge < -0.3 is 14.9 Å². The van der Waals surface area contributed by atoms with Gasteiger partial charge in [0.05, 0.1) is 7.11 Å². The van der Waals surface area contributed by atoms with Crippen LogP contribution in [0.1, 0.15) is 12.5 Å². The summed E-state index contributed by atoms with van der Waals surface area (Å²) in [7, 11) is 1.49. The predicted molar refractivity (Wildman–Crippen MR) is 77.3 cm³/mol. The summed E-state index contributed by atoms with van der Waals surface area (Å²) in [6, 6.07) is 5.41. The van der Waals surface area contributed by atoms with Crippen LogP contribution >= 0.6 is 11.6 Å². The van der Waals surface area contributed by atoms with E-state index in [9.17, 15) is 0 Å². The molecular formula is C13H15ClN4O2. The van der Waals surface area contributed by atoms with E-state index < -0.39 is 0 Å². The summed E-state index contributed by atoms with van der Waals surface area (Å²) in [6.07, 6.45) is 2.15. The molecule has 1 aromatic carbocycles. The van der Waals surface area contributed by atoms with Crippen molar-refractivity contribution in [3.05, 3.63) is 35.1 Å². The largest absolute Gasteiger partial charge is 0.489 e. The Bertz CT molecular complexity index is 607. The molecule has 1 heterocycles. The van der Waals surface area contributed by atoms with Gasteiger partial charge >= 0.3 is 0 Å². The van der Waals surface area contributed by atoms with Gasteiger partial charge in [0.2, 0.25) is 5.75 Å². The van der Waals surface area contributed by atoms with Gasteiger partial charge in [0, 0.05) is 5.02 Å². The van der Waals surface area contributed by atoms with Crippen LogP contribution in [0.4, 0.5) is 5.82 Å². The van der Waals surface area contributed by atoms with Crippen molar-refractivity contribution in [3.63, 3.8) is 0 Å². The molecule has 106 valence electrons. The number of methoxy groups -OCH3 is 1. The van der Waals surface area contributed by atoms with Crippen LogP contribution in [-0.4, -0.2) is 17.1 Å². The third kappa shape index (κ3) is 2.92. The van der Waals surface area contributed by atoms with Crippen LogP contribution in [0.5, 0.6) is 17.4 Å². The minimum absolute atomic E-state index is 0.278. The van der Waals surface area contributed by atoms with Gasteiger partial charge in [0.15, 0.2) is 5.82 Å². The second kappa shape index (κ2) is 6.40. The van der Waals surface area contributed by atoms with E-state index in [1.807, 2.05) is 13.0 Å². The molecule has 0 spiro atoms. The van der Waals surface area contributed by atoms with Crippen molar-refractivity contribution in [2.75, 3.05) is 12.5 Å². The average molecular weight is 295 g/mol. The van der Waals surface area contributed by atoms with Crippen LogP contribution in [0.2, 0.25) is 5.02 Å². The normalized spacial score (nSPS) is 10.2. The Balaban J connectivity index is 2.34. The van der Waals surface area contributed by atoms with Crippen molar-refractivity contribution in [1.29, 1.82) is 0 Å². The van der Waals surface area contributed by atoms with Gasteiger partial charge in [-0.15, -0.1) is 0 Å². The van der Waals surface area contributed by atoms with Crippen molar-refractivity contribution < 1.29 is 9.47 Å². The van der Waals surface area contributed by atoms with Gasteiger partial charge in [-0.25, -0.2) is 10.8 Å². The lowest BCUT2D eigenvalue weighted by atomic mass is 10.1. The number of halogens is 1. The predicted octanol–water partition coefficient (Wildman–Crippen LogP) is 2.78. The zero-order valence-electron chi connectivity index (χ0n) is 11.2. The van der Waals surface area contributed by atoms with Crippen LogP contribution in [0, 0.1) is 0 Å². The van der Waals surface area contributed by atoms with Crippen LogP contribution < -0.4 is 20.7 Å². The number of hydrazine groups is 1. The van der Waals surface area contributed by atoms with E-state index in [4.69, 9.17) is 26.9 Å². The summed E-state index contributed by atoms with van der Waals surface area (Å²) in [5, 5.41) is 0.707. The van der Waals surface area contributed by atoms with E-state index in [1.165, 1.54) is 13.4 Å². The van der Waals surface area contributed by atoms with Crippen LogP contribution in [0.25, 0.3) is 0 Å². The number of aromatic nitrogens is 2. The van der Waals surface area contributed by atoms with Crippen molar-refractivity contribution >= 4 is 17.4 Å². The lowest BCUT2D eigenvalue weighted by Gasteiger charge is -2.12. The zero-order valence-corrected chi connectivity index (χ0v) is 11.9. The minimum Gasteiger partial charge on any atom is -0.489 e. The number of nitrogens with two attached hydrogens (primary N) is 1. The third-order valence-electron chi connectivity index (χ3n) is 2.72. The highest BCUT2D eigenvalue weighted by atomic mass is 35.5. The maximum atomic E-state index is 6.07. The zero-order chi connectivity index (χ0) is 14.5. The highest BCUT2D eigenvalue weighted by Gasteiger charge is 2.14. The number of nitrogen functional groups attached to an aromatic ring is 1. The molecule has 20 heavy (non-hydrogen) atoms. The van der Waals surface area contributed by atoms with E-state index in [0.29, 0.717) is 22.3 Å². The van der Waals surface area contributed by atoms with E-state index in [-0.39, 0.29) is 5.88 Å². The number of hydrogen-bond acceptors (Lipinski definition) is 6. The quantitative estimate of drug-likeness (QED) is 0.652. The van der Waals surface area contributed by atoms with E-state index >= 15 is 0 Å². The van der Waals surface area contributed by atoms with Gasteiger partial charge in [0.1, 0.15) is 12.1 Å².